The third-order valence-corrected chi connectivity index (χ3v) is 5.63. The van der Waals surface area contributed by atoms with E-state index < -0.39 is 5.60 Å². The van der Waals surface area contributed by atoms with E-state index in [0.717, 1.165) is 23.6 Å². The fourth-order valence-corrected chi connectivity index (χ4v) is 4.03. The summed E-state index contributed by atoms with van der Waals surface area (Å²) in [6.45, 7) is 8.91. The van der Waals surface area contributed by atoms with Gasteiger partial charge in [-0.3, -0.25) is 4.79 Å². The van der Waals surface area contributed by atoms with Crippen LogP contribution in [0.15, 0.2) is 41.7 Å². The first kappa shape index (κ1) is 22.2. The van der Waals surface area contributed by atoms with Crippen LogP contribution in [-0.4, -0.2) is 50.9 Å². The number of anilines is 1. The number of ether oxygens (including phenoxy) is 1. The third-order valence-electron chi connectivity index (χ3n) is 4.81. The van der Waals surface area contributed by atoms with Gasteiger partial charge < -0.3 is 19.5 Å². The number of carbonyl (C=O) groups excluding carboxylic acids is 2. The Morgan fingerprint density at radius 3 is 2.57 bits per heavy atom. The summed E-state index contributed by atoms with van der Waals surface area (Å²) in [5, 5.41) is 3.87. The van der Waals surface area contributed by atoms with Crippen molar-refractivity contribution in [3.05, 3.63) is 42.4 Å². The predicted molar refractivity (Wildman–Crippen MR) is 119 cm³/mol. The van der Waals surface area contributed by atoms with Crippen LogP contribution in [0.2, 0.25) is 0 Å². The highest BCUT2D eigenvalue weighted by atomic mass is 32.2. The van der Waals surface area contributed by atoms with Crippen molar-refractivity contribution in [2.75, 3.05) is 24.2 Å². The molecule has 2 aromatic rings. The molecule has 3 rings (SSSR count). The van der Waals surface area contributed by atoms with Gasteiger partial charge in [-0.05, 0) is 63.6 Å². The van der Waals surface area contributed by atoms with Crippen molar-refractivity contribution in [2.45, 2.75) is 57.2 Å². The van der Waals surface area contributed by atoms with Crippen LogP contribution in [0.25, 0.3) is 0 Å². The number of thioether (sulfide) groups is 1. The number of carbonyl (C=O) groups is 2. The Hall–Kier alpha value is -2.48. The lowest BCUT2D eigenvalue weighted by atomic mass is 10.0. The number of pyridine rings is 1. The minimum absolute atomic E-state index is 0.160. The molecule has 1 aliphatic heterocycles. The van der Waals surface area contributed by atoms with E-state index in [1.807, 2.05) is 55.8 Å². The van der Waals surface area contributed by atoms with Gasteiger partial charge in [0.25, 0.3) is 5.91 Å². The number of amides is 2. The highest BCUT2D eigenvalue weighted by molar-refractivity contribution is 7.99. The molecular formula is C22H30N4O3S. The van der Waals surface area contributed by atoms with Gasteiger partial charge in [0, 0.05) is 25.3 Å². The smallest absolute Gasteiger partial charge is 0.410 e. The molecule has 8 heteroatoms. The van der Waals surface area contributed by atoms with Gasteiger partial charge in [-0.15, -0.1) is 11.8 Å². The molecule has 0 atom stereocenters. The standard InChI is InChI=1S/C22H30N4O3S/c1-5-30-19-9-8-16(15-23-19)24-20(27)18-7-6-12-26(18)17-10-13-25(14-11-17)21(28)29-22(2,3)4/h6-9,12,15,17H,5,10-11,13-14H2,1-4H3,(H,24,27). The lowest BCUT2D eigenvalue weighted by molar-refractivity contribution is 0.0187. The molecule has 0 radical (unpaired) electrons. The number of hydrogen-bond acceptors (Lipinski definition) is 5. The summed E-state index contributed by atoms with van der Waals surface area (Å²) in [7, 11) is 0. The molecule has 0 bridgehead atoms. The molecule has 1 saturated heterocycles. The first-order valence-corrected chi connectivity index (χ1v) is 11.3. The quantitative estimate of drug-likeness (QED) is 0.688. The number of nitrogens with one attached hydrogen (secondary N) is 1. The van der Waals surface area contributed by atoms with Crippen LogP contribution in [0, 0.1) is 0 Å². The highest BCUT2D eigenvalue weighted by Crippen LogP contribution is 2.26. The molecule has 7 nitrogen and oxygen atoms in total. The highest BCUT2D eigenvalue weighted by Gasteiger charge is 2.28. The van der Waals surface area contributed by atoms with E-state index in [-0.39, 0.29) is 18.0 Å². The average molecular weight is 431 g/mol. The Balaban J connectivity index is 1.60. The van der Waals surface area contributed by atoms with Gasteiger partial charge in [0.05, 0.1) is 16.9 Å². The Bertz CT molecular complexity index is 865. The van der Waals surface area contributed by atoms with E-state index in [1.165, 1.54) is 0 Å². The van der Waals surface area contributed by atoms with E-state index in [2.05, 4.69) is 17.2 Å². The van der Waals surface area contributed by atoms with E-state index in [1.54, 1.807) is 22.9 Å². The summed E-state index contributed by atoms with van der Waals surface area (Å²) >= 11 is 1.66. The fraction of sp³-hybridized carbons (Fsp3) is 0.500. The van der Waals surface area contributed by atoms with E-state index in [0.29, 0.717) is 24.5 Å². The van der Waals surface area contributed by atoms with E-state index in [9.17, 15) is 9.59 Å². The lowest BCUT2D eigenvalue weighted by Gasteiger charge is -2.34. The SMILES string of the molecule is CCSc1ccc(NC(=O)c2cccn2C2CCN(C(=O)OC(C)(C)C)CC2)cn1. The topological polar surface area (TPSA) is 76.5 Å². The molecular weight excluding hydrogens is 400 g/mol. The number of piperidine rings is 1. The monoisotopic (exact) mass is 430 g/mol. The van der Waals surface area contributed by atoms with Gasteiger partial charge in [-0.25, -0.2) is 9.78 Å². The third kappa shape index (κ3) is 5.78. The zero-order valence-electron chi connectivity index (χ0n) is 18.1. The van der Waals surface area contributed by atoms with Gasteiger partial charge in [0.1, 0.15) is 11.3 Å². The summed E-state index contributed by atoms with van der Waals surface area (Å²) in [6.07, 6.45) is 4.89. The van der Waals surface area contributed by atoms with Crippen LogP contribution in [0.5, 0.6) is 0 Å². The van der Waals surface area contributed by atoms with Gasteiger partial charge in [0.2, 0.25) is 0 Å². The van der Waals surface area contributed by atoms with Crippen LogP contribution < -0.4 is 5.32 Å². The second kappa shape index (κ2) is 9.55. The first-order valence-electron chi connectivity index (χ1n) is 10.3. The minimum Gasteiger partial charge on any atom is -0.444 e. The molecule has 3 heterocycles. The maximum absolute atomic E-state index is 12.8. The fourth-order valence-electron chi connectivity index (χ4n) is 3.44. The Morgan fingerprint density at radius 1 is 1.23 bits per heavy atom. The zero-order valence-corrected chi connectivity index (χ0v) is 18.9. The summed E-state index contributed by atoms with van der Waals surface area (Å²) in [6, 6.07) is 7.66. The molecule has 0 spiro atoms. The number of likely N-dealkylation sites (tertiary alicyclic amines) is 1. The number of aromatic nitrogens is 2. The van der Waals surface area contributed by atoms with Crippen molar-refractivity contribution in [1.82, 2.24) is 14.5 Å². The van der Waals surface area contributed by atoms with Crippen molar-refractivity contribution in [1.29, 1.82) is 0 Å². The van der Waals surface area contributed by atoms with Crippen molar-refractivity contribution < 1.29 is 14.3 Å². The van der Waals surface area contributed by atoms with Gasteiger partial charge in [0.15, 0.2) is 0 Å². The van der Waals surface area contributed by atoms with Crippen LogP contribution in [-0.2, 0) is 4.74 Å². The van der Waals surface area contributed by atoms with Crippen LogP contribution in [0.3, 0.4) is 0 Å². The second-order valence-corrected chi connectivity index (χ2v) is 9.56. The second-order valence-electron chi connectivity index (χ2n) is 8.27. The summed E-state index contributed by atoms with van der Waals surface area (Å²) in [5.41, 5.74) is 0.785. The summed E-state index contributed by atoms with van der Waals surface area (Å²) in [5.74, 6) is 0.797. The summed E-state index contributed by atoms with van der Waals surface area (Å²) in [4.78, 5) is 31.2. The maximum Gasteiger partial charge on any atom is 0.410 e. The van der Waals surface area contributed by atoms with Gasteiger partial charge >= 0.3 is 6.09 Å². The Labute approximate surface area is 182 Å². The first-order chi connectivity index (χ1) is 14.3. The number of rotatable bonds is 5. The van der Waals surface area contributed by atoms with E-state index in [4.69, 9.17) is 4.74 Å². The number of hydrogen-bond donors (Lipinski definition) is 1. The molecule has 2 amide bonds. The van der Waals surface area contributed by atoms with Crippen molar-refractivity contribution >= 4 is 29.4 Å². The zero-order chi connectivity index (χ0) is 21.7. The van der Waals surface area contributed by atoms with Gasteiger partial charge in [-0.2, -0.15) is 0 Å². The molecule has 1 N–H and O–H groups in total. The molecule has 0 unspecified atom stereocenters. The van der Waals surface area contributed by atoms with Gasteiger partial charge in [-0.1, -0.05) is 6.92 Å². The predicted octanol–water partition coefficient (Wildman–Crippen LogP) is 4.82. The van der Waals surface area contributed by atoms with Crippen molar-refractivity contribution in [3.63, 3.8) is 0 Å². The van der Waals surface area contributed by atoms with Crippen molar-refractivity contribution in [2.24, 2.45) is 0 Å². The molecule has 30 heavy (non-hydrogen) atoms. The number of nitrogens with zero attached hydrogens (tertiary/aromatic N) is 3. The Morgan fingerprint density at radius 2 is 1.97 bits per heavy atom. The Kier molecular flexibility index (Phi) is 7.07. The van der Waals surface area contributed by atoms with Crippen LogP contribution in [0.1, 0.15) is 57.1 Å². The normalized spacial score (nSPS) is 15.1. The minimum atomic E-state index is -0.498. The van der Waals surface area contributed by atoms with Crippen LogP contribution in [0.4, 0.5) is 10.5 Å². The molecule has 2 aromatic heterocycles. The largest absolute Gasteiger partial charge is 0.444 e. The van der Waals surface area contributed by atoms with E-state index >= 15 is 0 Å². The molecule has 1 fully saturated rings. The lowest BCUT2D eigenvalue weighted by Crippen LogP contribution is -2.42. The maximum atomic E-state index is 12.8. The summed E-state index contributed by atoms with van der Waals surface area (Å²) < 4.78 is 7.47. The molecule has 162 valence electrons. The average Bonchev–Trinajstić information content (AvgIpc) is 3.18. The molecule has 0 aromatic carbocycles. The molecule has 0 saturated carbocycles. The molecule has 1 aliphatic rings. The van der Waals surface area contributed by atoms with Crippen molar-refractivity contribution in [3.8, 4) is 0 Å². The molecule has 0 aliphatic carbocycles. The van der Waals surface area contributed by atoms with Crippen LogP contribution >= 0.6 is 11.8 Å².